The molecular weight excluding hydrogens is 425 g/mol. The lowest BCUT2D eigenvalue weighted by Gasteiger charge is -2.42. The van der Waals surface area contributed by atoms with Crippen LogP contribution in [-0.4, -0.2) is 82.2 Å². The van der Waals surface area contributed by atoms with Gasteiger partial charge in [-0.1, -0.05) is 42.5 Å². The third kappa shape index (κ3) is 8.24. The first kappa shape index (κ1) is 24.8. The molecule has 8 heteroatoms. The number of carboxylic acid groups (broad SMARTS) is 2. The van der Waals surface area contributed by atoms with E-state index in [-0.39, 0.29) is 5.82 Å². The summed E-state index contributed by atoms with van der Waals surface area (Å²) < 4.78 is 13.0. The minimum atomic E-state index is -1.82. The minimum absolute atomic E-state index is 0.151. The lowest BCUT2D eigenvalue weighted by molar-refractivity contribution is -0.159. The number of likely N-dealkylation sites (tertiary alicyclic amines) is 1. The topological polar surface area (TPSA) is 84.3 Å². The highest BCUT2D eigenvalue weighted by Crippen LogP contribution is 2.20. The monoisotopic (exact) mass is 457 g/mol. The van der Waals surface area contributed by atoms with E-state index >= 15 is 0 Å². The summed E-state index contributed by atoms with van der Waals surface area (Å²) in [5, 5.41) is 14.8. The van der Waals surface area contributed by atoms with Gasteiger partial charge in [0.25, 0.3) is 0 Å². The van der Waals surface area contributed by atoms with E-state index in [1.54, 1.807) is 12.1 Å². The van der Waals surface area contributed by atoms with Crippen molar-refractivity contribution in [3.05, 3.63) is 71.5 Å². The number of hydrogen-bond donors (Lipinski definition) is 2. The number of rotatable bonds is 5. The molecule has 0 amide bonds. The maximum absolute atomic E-state index is 13.0. The Morgan fingerprint density at radius 3 is 1.73 bits per heavy atom. The molecule has 2 fully saturated rings. The Hall–Kier alpha value is -2.81. The van der Waals surface area contributed by atoms with E-state index in [9.17, 15) is 4.39 Å². The fourth-order valence-electron chi connectivity index (χ4n) is 4.42. The van der Waals surface area contributed by atoms with Gasteiger partial charge in [-0.05, 0) is 49.2 Å². The van der Waals surface area contributed by atoms with Crippen molar-refractivity contribution in [3.63, 3.8) is 0 Å². The summed E-state index contributed by atoms with van der Waals surface area (Å²) in [5.74, 6) is -3.80. The zero-order valence-electron chi connectivity index (χ0n) is 18.8. The second-order valence-electron chi connectivity index (χ2n) is 8.54. The number of carbonyl (C=O) groups is 2. The number of piperazine rings is 1. The molecule has 0 bridgehead atoms. The molecule has 0 unspecified atom stereocenters. The van der Waals surface area contributed by atoms with Crippen molar-refractivity contribution < 1.29 is 24.2 Å². The predicted molar refractivity (Wildman–Crippen MR) is 123 cm³/mol. The maximum Gasteiger partial charge on any atom is 0.414 e. The summed E-state index contributed by atoms with van der Waals surface area (Å²) >= 11 is 0. The fraction of sp³-hybridized carbons (Fsp3) is 0.440. The van der Waals surface area contributed by atoms with Crippen LogP contribution in [0.5, 0.6) is 0 Å². The highest BCUT2D eigenvalue weighted by Gasteiger charge is 2.27. The van der Waals surface area contributed by atoms with Gasteiger partial charge in [-0.3, -0.25) is 14.7 Å². The third-order valence-electron chi connectivity index (χ3n) is 6.23. The van der Waals surface area contributed by atoms with E-state index in [2.05, 4.69) is 45.0 Å². The molecule has 2 aromatic carbocycles. The van der Waals surface area contributed by atoms with E-state index in [1.165, 1.54) is 37.1 Å². The SMILES string of the molecule is Fc1ccc(CN2CCN(C3CCN(Cc4ccccc4)CC3)CC2)cc1.O=C(O)C(=O)O. The van der Waals surface area contributed by atoms with Gasteiger partial charge in [-0.15, -0.1) is 0 Å². The molecule has 0 atom stereocenters. The number of aliphatic carboxylic acids is 2. The van der Waals surface area contributed by atoms with Crippen molar-refractivity contribution in [2.45, 2.75) is 32.0 Å². The third-order valence-corrected chi connectivity index (χ3v) is 6.23. The highest BCUT2D eigenvalue weighted by atomic mass is 19.1. The Morgan fingerprint density at radius 2 is 1.21 bits per heavy atom. The second-order valence-corrected chi connectivity index (χ2v) is 8.54. The Morgan fingerprint density at radius 1 is 0.727 bits per heavy atom. The van der Waals surface area contributed by atoms with Gasteiger partial charge in [0.1, 0.15) is 5.82 Å². The zero-order valence-corrected chi connectivity index (χ0v) is 18.8. The molecule has 7 nitrogen and oxygen atoms in total. The molecule has 33 heavy (non-hydrogen) atoms. The number of hydrogen-bond acceptors (Lipinski definition) is 5. The van der Waals surface area contributed by atoms with Crippen molar-refractivity contribution >= 4 is 11.9 Å². The molecule has 2 N–H and O–H groups in total. The first-order valence-corrected chi connectivity index (χ1v) is 11.3. The predicted octanol–water partition coefficient (Wildman–Crippen LogP) is 2.76. The van der Waals surface area contributed by atoms with Gasteiger partial charge in [0, 0.05) is 45.3 Å². The molecule has 2 aliphatic heterocycles. The first-order chi connectivity index (χ1) is 15.9. The Labute approximate surface area is 194 Å². The van der Waals surface area contributed by atoms with Gasteiger partial charge >= 0.3 is 11.9 Å². The van der Waals surface area contributed by atoms with Crippen LogP contribution in [0.25, 0.3) is 0 Å². The molecule has 0 radical (unpaired) electrons. The summed E-state index contributed by atoms with van der Waals surface area (Å²) in [7, 11) is 0. The Kier molecular flexibility index (Phi) is 9.35. The molecule has 0 spiro atoms. The van der Waals surface area contributed by atoms with Gasteiger partial charge in [0.05, 0.1) is 0 Å². The van der Waals surface area contributed by atoms with Crippen LogP contribution in [-0.2, 0) is 22.7 Å². The van der Waals surface area contributed by atoms with Crippen LogP contribution in [0.1, 0.15) is 24.0 Å². The van der Waals surface area contributed by atoms with Crippen LogP contribution in [0.2, 0.25) is 0 Å². The summed E-state index contributed by atoms with van der Waals surface area (Å²) in [5.41, 5.74) is 2.63. The lowest BCUT2D eigenvalue weighted by Crippen LogP contribution is -2.52. The summed E-state index contributed by atoms with van der Waals surface area (Å²) in [6, 6.07) is 18.5. The van der Waals surface area contributed by atoms with Gasteiger partial charge in [0.2, 0.25) is 0 Å². The molecule has 2 aliphatic rings. The standard InChI is InChI=1S/C23H30FN3.C2H2O4/c24-22-8-6-21(7-9-22)19-26-14-16-27(17-15-26)23-10-12-25(13-11-23)18-20-4-2-1-3-5-20;3-1(4)2(5)6/h1-9,23H,10-19H2;(H,3,4)(H,5,6). The van der Waals surface area contributed by atoms with Crippen LogP contribution in [0.3, 0.4) is 0 Å². The van der Waals surface area contributed by atoms with E-state index < -0.39 is 11.9 Å². The van der Waals surface area contributed by atoms with Crippen molar-refractivity contribution in [1.82, 2.24) is 14.7 Å². The van der Waals surface area contributed by atoms with Crippen molar-refractivity contribution in [1.29, 1.82) is 0 Å². The molecule has 2 saturated heterocycles. The molecule has 0 aliphatic carbocycles. The largest absolute Gasteiger partial charge is 0.473 e. The van der Waals surface area contributed by atoms with Crippen LogP contribution in [0.4, 0.5) is 4.39 Å². The first-order valence-electron chi connectivity index (χ1n) is 11.3. The molecule has 0 saturated carbocycles. The Bertz CT molecular complexity index is 866. The van der Waals surface area contributed by atoms with Crippen molar-refractivity contribution in [2.24, 2.45) is 0 Å². The second kappa shape index (κ2) is 12.4. The Balaban J connectivity index is 0.000000454. The van der Waals surface area contributed by atoms with E-state index in [0.29, 0.717) is 0 Å². The molecule has 2 heterocycles. The zero-order chi connectivity index (χ0) is 23.6. The minimum Gasteiger partial charge on any atom is -0.473 e. The normalized spacial score (nSPS) is 18.3. The number of piperidine rings is 1. The van der Waals surface area contributed by atoms with E-state index in [1.807, 2.05) is 12.1 Å². The molecule has 2 aromatic rings. The van der Waals surface area contributed by atoms with Crippen molar-refractivity contribution in [3.8, 4) is 0 Å². The average Bonchev–Trinajstić information content (AvgIpc) is 2.83. The van der Waals surface area contributed by atoms with Crippen LogP contribution >= 0.6 is 0 Å². The fourth-order valence-corrected chi connectivity index (χ4v) is 4.42. The average molecular weight is 458 g/mol. The van der Waals surface area contributed by atoms with Crippen LogP contribution in [0.15, 0.2) is 54.6 Å². The smallest absolute Gasteiger partial charge is 0.414 e. The molecule has 178 valence electrons. The lowest BCUT2D eigenvalue weighted by atomic mass is 10.0. The molecule has 0 aromatic heterocycles. The maximum atomic E-state index is 13.0. The summed E-state index contributed by atoms with van der Waals surface area (Å²) in [4.78, 5) is 26.0. The van der Waals surface area contributed by atoms with Crippen LogP contribution in [0, 0.1) is 5.82 Å². The summed E-state index contributed by atoms with van der Waals surface area (Å²) in [6.45, 7) is 8.96. The molecule has 4 rings (SSSR count). The number of benzene rings is 2. The van der Waals surface area contributed by atoms with Gasteiger partial charge < -0.3 is 10.2 Å². The van der Waals surface area contributed by atoms with Crippen molar-refractivity contribution in [2.75, 3.05) is 39.3 Å². The molecular formula is C25H32FN3O4. The van der Waals surface area contributed by atoms with E-state index in [4.69, 9.17) is 19.8 Å². The van der Waals surface area contributed by atoms with Gasteiger partial charge in [-0.25, -0.2) is 14.0 Å². The van der Waals surface area contributed by atoms with Gasteiger partial charge in [-0.2, -0.15) is 0 Å². The number of halogens is 1. The quantitative estimate of drug-likeness (QED) is 0.668. The van der Waals surface area contributed by atoms with Gasteiger partial charge in [0.15, 0.2) is 0 Å². The highest BCUT2D eigenvalue weighted by molar-refractivity contribution is 6.27. The number of nitrogens with zero attached hydrogens (tertiary/aromatic N) is 3. The number of carboxylic acids is 2. The van der Waals surface area contributed by atoms with E-state index in [0.717, 1.165) is 45.3 Å². The summed E-state index contributed by atoms with van der Waals surface area (Å²) in [6.07, 6.45) is 2.57. The van der Waals surface area contributed by atoms with Crippen LogP contribution < -0.4 is 0 Å².